The maximum absolute atomic E-state index is 6.54. The Morgan fingerprint density at radius 1 is 0.368 bits per heavy atom. The predicted molar refractivity (Wildman–Crippen MR) is 227 cm³/mol. The van der Waals surface area contributed by atoms with Crippen LogP contribution in [0.4, 0.5) is 0 Å². The minimum Gasteiger partial charge on any atom is -0.456 e. The number of para-hydroxylation sites is 1. The van der Waals surface area contributed by atoms with E-state index in [9.17, 15) is 0 Å². The van der Waals surface area contributed by atoms with Gasteiger partial charge in [-0.15, -0.1) is 0 Å². The smallest absolute Gasteiger partial charge is 0.164 e. The quantitative estimate of drug-likeness (QED) is 0.181. The molecule has 11 aromatic rings. The van der Waals surface area contributed by atoms with Gasteiger partial charge in [0.2, 0.25) is 0 Å². The average molecular weight is 728 g/mol. The molecule has 0 fully saturated rings. The van der Waals surface area contributed by atoms with Crippen molar-refractivity contribution >= 4 is 43.9 Å². The van der Waals surface area contributed by atoms with Crippen molar-refractivity contribution in [1.29, 1.82) is 0 Å². The molecule has 1 spiro atoms. The van der Waals surface area contributed by atoms with Crippen LogP contribution < -0.4 is 0 Å². The van der Waals surface area contributed by atoms with Crippen LogP contribution in [0.1, 0.15) is 22.3 Å². The zero-order valence-electron chi connectivity index (χ0n) is 30.4. The number of rotatable bonds is 3. The Bertz CT molecular complexity index is 3450. The van der Waals surface area contributed by atoms with E-state index in [0.29, 0.717) is 11.6 Å². The average Bonchev–Trinajstić information content (AvgIpc) is 4.01. The Kier molecular flexibility index (Phi) is 6.04. The van der Waals surface area contributed by atoms with Gasteiger partial charge in [0.1, 0.15) is 28.7 Å². The first-order chi connectivity index (χ1) is 28.3. The van der Waals surface area contributed by atoms with Crippen molar-refractivity contribution in [3.63, 3.8) is 0 Å². The van der Waals surface area contributed by atoms with Crippen LogP contribution in [0, 0.1) is 0 Å². The minimum absolute atomic E-state index is 0.405. The van der Waals surface area contributed by atoms with E-state index in [1.54, 1.807) is 6.33 Å². The Hall–Kier alpha value is -7.63. The van der Waals surface area contributed by atoms with Gasteiger partial charge < -0.3 is 8.83 Å². The number of benzene rings is 8. The van der Waals surface area contributed by atoms with Crippen LogP contribution in [0.25, 0.3) is 100 Å². The number of nitrogens with zero attached hydrogens (tertiary/aromatic N) is 3. The van der Waals surface area contributed by atoms with E-state index in [1.165, 1.54) is 50.1 Å². The molecule has 2 aliphatic rings. The fourth-order valence-electron chi connectivity index (χ4n) is 10.1. The fraction of sp³-hybridized carbons (Fsp3) is 0.0192. The zero-order chi connectivity index (χ0) is 37.2. The summed E-state index contributed by atoms with van der Waals surface area (Å²) in [7, 11) is 0. The lowest BCUT2D eigenvalue weighted by Crippen LogP contribution is -2.25. The van der Waals surface area contributed by atoms with E-state index in [0.717, 1.165) is 60.6 Å². The summed E-state index contributed by atoms with van der Waals surface area (Å²) in [6.45, 7) is 0. The van der Waals surface area contributed by atoms with Crippen molar-refractivity contribution in [1.82, 2.24) is 15.0 Å². The molecule has 0 unspecified atom stereocenters. The molecule has 5 nitrogen and oxygen atoms in total. The number of hydrogen-bond donors (Lipinski definition) is 0. The van der Waals surface area contributed by atoms with Gasteiger partial charge in [-0.2, -0.15) is 0 Å². The highest BCUT2D eigenvalue weighted by Gasteiger charge is 2.51. The summed E-state index contributed by atoms with van der Waals surface area (Å²) in [5.41, 5.74) is 17.4. The maximum Gasteiger partial charge on any atom is 0.164 e. The van der Waals surface area contributed by atoms with E-state index in [2.05, 4.69) is 126 Å². The summed E-state index contributed by atoms with van der Waals surface area (Å²) in [4.78, 5) is 14.5. The van der Waals surface area contributed by atoms with E-state index in [-0.39, 0.29) is 0 Å². The second-order valence-electron chi connectivity index (χ2n) is 15.0. The standard InChI is InChI=1S/C52H29N3O2/c1-5-19-39-32(12-1)33-13-2-6-20-40(33)52(39)41-21-7-3-14-34(41)47-31(16-9-22-42(47)52)30-26-27-44-38(28-30)49-37(18-11-25-46(49)57-44)51-54-29-53-50(55-51)36-17-10-24-45-48(36)35-15-4-8-23-43(35)56-45/h1-29H. The largest absolute Gasteiger partial charge is 0.456 e. The minimum atomic E-state index is -0.405. The molecule has 5 heteroatoms. The van der Waals surface area contributed by atoms with E-state index in [4.69, 9.17) is 18.8 Å². The van der Waals surface area contributed by atoms with Crippen molar-refractivity contribution < 1.29 is 8.83 Å². The molecular weight excluding hydrogens is 699 g/mol. The molecule has 0 amide bonds. The third kappa shape index (κ3) is 3.99. The highest BCUT2D eigenvalue weighted by molar-refractivity contribution is 6.14. The van der Waals surface area contributed by atoms with E-state index in [1.807, 2.05) is 48.5 Å². The molecule has 2 aliphatic carbocycles. The van der Waals surface area contributed by atoms with Crippen molar-refractivity contribution in [2.24, 2.45) is 0 Å². The molecule has 264 valence electrons. The molecule has 0 bridgehead atoms. The third-order valence-electron chi connectivity index (χ3n) is 12.3. The van der Waals surface area contributed by atoms with Gasteiger partial charge in [-0.3, -0.25) is 0 Å². The summed E-state index contributed by atoms with van der Waals surface area (Å²) in [5.74, 6) is 1.17. The SMILES string of the molecule is c1ccc2c(c1)-c1ccccc1C21c2ccccc2-c2c(-c3ccc4oc5cccc(-c6ncnc(-c7cccc8oc9ccccc9c78)n6)c5c4c3)cccc21. The van der Waals surface area contributed by atoms with Gasteiger partial charge in [0.15, 0.2) is 11.6 Å². The normalized spacial score (nSPS) is 13.4. The van der Waals surface area contributed by atoms with Gasteiger partial charge in [-0.1, -0.05) is 140 Å². The Morgan fingerprint density at radius 2 is 0.860 bits per heavy atom. The van der Waals surface area contributed by atoms with Crippen LogP contribution in [-0.2, 0) is 5.41 Å². The van der Waals surface area contributed by atoms with Crippen LogP contribution in [0.15, 0.2) is 185 Å². The first-order valence-electron chi connectivity index (χ1n) is 19.3. The molecule has 0 saturated heterocycles. The summed E-state index contributed by atoms with van der Waals surface area (Å²) in [5, 5.41) is 4.01. The van der Waals surface area contributed by atoms with Gasteiger partial charge in [-0.25, -0.2) is 15.0 Å². The molecule has 0 aliphatic heterocycles. The molecule has 3 heterocycles. The summed E-state index contributed by atoms with van der Waals surface area (Å²) >= 11 is 0. The van der Waals surface area contributed by atoms with Gasteiger partial charge in [-0.05, 0) is 86.0 Å². The van der Waals surface area contributed by atoms with Crippen LogP contribution in [0.2, 0.25) is 0 Å². The van der Waals surface area contributed by atoms with Crippen molar-refractivity contribution in [2.75, 3.05) is 0 Å². The zero-order valence-corrected chi connectivity index (χ0v) is 30.4. The molecule has 13 rings (SSSR count). The van der Waals surface area contributed by atoms with Gasteiger partial charge in [0, 0.05) is 32.7 Å². The molecule has 0 N–H and O–H groups in total. The molecular formula is C52H29N3O2. The number of furan rings is 2. The van der Waals surface area contributed by atoms with Crippen LogP contribution in [-0.4, -0.2) is 15.0 Å². The lowest BCUT2D eigenvalue weighted by atomic mass is 9.70. The second-order valence-corrected chi connectivity index (χ2v) is 15.0. The van der Waals surface area contributed by atoms with Crippen LogP contribution in [0.3, 0.4) is 0 Å². The second kappa shape index (κ2) is 11.2. The Morgan fingerprint density at radius 3 is 1.56 bits per heavy atom. The highest BCUT2D eigenvalue weighted by Crippen LogP contribution is 2.64. The van der Waals surface area contributed by atoms with Gasteiger partial charge in [0.25, 0.3) is 0 Å². The van der Waals surface area contributed by atoms with Gasteiger partial charge in [0.05, 0.1) is 5.41 Å². The highest BCUT2D eigenvalue weighted by atomic mass is 16.3. The van der Waals surface area contributed by atoms with Crippen molar-refractivity contribution in [3.8, 4) is 56.2 Å². The topological polar surface area (TPSA) is 65.0 Å². The van der Waals surface area contributed by atoms with Crippen LogP contribution in [0.5, 0.6) is 0 Å². The summed E-state index contributed by atoms with van der Waals surface area (Å²) < 4.78 is 12.7. The molecule has 57 heavy (non-hydrogen) atoms. The number of hydrogen-bond acceptors (Lipinski definition) is 5. The molecule has 0 radical (unpaired) electrons. The third-order valence-corrected chi connectivity index (χ3v) is 12.3. The summed E-state index contributed by atoms with van der Waals surface area (Å²) in [6.07, 6.45) is 1.60. The maximum atomic E-state index is 6.54. The monoisotopic (exact) mass is 727 g/mol. The Balaban J connectivity index is 1.01. The van der Waals surface area contributed by atoms with Crippen molar-refractivity contribution in [3.05, 3.63) is 198 Å². The number of fused-ring (bicyclic) bond motifs is 16. The predicted octanol–water partition coefficient (Wildman–Crippen LogP) is 13.0. The molecule has 0 saturated carbocycles. The van der Waals surface area contributed by atoms with Gasteiger partial charge >= 0.3 is 0 Å². The number of aromatic nitrogens is 3. The van der Waals surface area contributed by atoms with Crippen LogP contribution >= 0.6 is 0 Å². The lowest BCUT2D eigenvalue weighted by molar-refractivity contribution is 0.668. The first-order valence-corrected chi connectivity index (χ1v) is 19.3. The van der Waals surface area contributed by atoms with E-state index < -0.39 is 5.41 Å². The van der Waals surface area contributed by atoms with E-state index >= 15 is 0 Å². The lowest BCUT2D eigenvalue weighted by Gasteiger charge is -2.30. The Labute approximate surface area is 326 Å². The first kappa shape index (κ1) is 30.7. The van der Waals surface area contributed by atoms with Crippen molar-refractivity contribution in [2.45, 2.75) is 5.41 Å². The fourth-order valence-corrected chi connectivity index (χ4v) is 10.1. The molecule has 0 atom stereocenters. The summed E-state index contributed by atoms with van der Waals surface area (Å²) in [6, 6.07) is 60.5. The molecule has 8 aromatic carbocycles. The molecule has 3 aromatic heterocycles.